The monoisotopic (exact) mass is 416 g/mol. The van der Waals surface area contributed by atoms with Crippen molar-refractivity contribution in [2.24, 2.45) is 5.92 Å². The van der Waals surface area contributed by atoms with Gasteiger partial charge >= 0.3 is 6.03 Å². The summed E-state index contributed by atoms with van der Waals surface area (Å²) in [5, 5.41) is 6.94. The van der Waals surface area contributed by atoms with E-state index in [9.17, 15) is 4.79 Å². The van der Waals surface area contributed by atoms with Gasteiger partial charge in [0.25, 0.3) is 0 Å². The number of benzene rings is 2. The van der Waals surface area contributed by atoms with Crippen LogP contribution in [0.2, 0.25) is 0 Å². The second-order valence-corrected chi connectivity index (χ2v) is 8.44. The summed E-state index contributed by atoms with van der Waals surface area (Å²) in [6, 6.07) is 14.5. The van der Waals surface area contributed by atoms with E-state index in [0.717, 1.165) is 53.6 Å². The van der Waals surface area contributed by atoms with Gasteiger partial charge in [-0.3, -0.25) is 10.00 Å². The van der Waals surface area contributed by atoms with Crippen LogP contribution < -0.4 is 9.64 Å². The number of aromatic amines is 1. The molecule has 2 amide bonds. The Bertz CT molecular complexity index is 1060. The molecule has 0 radical (unpaired) electrons. The van der Waals surface area contributed by atoms with Crippen LogP contribution >= 0.6 is 0 Å². The van der Waals surface area contributed by atoms with Gasteiger partial charge in [-0.15, -0.1) is 0 Å². The fourth-order valence-corrected chi connectivity index (χ4v) is 4.14. The van der Waals surface area contributed by atoms with E-state index in [1.54, 1.807) is 0 Å². The standard InChI is InChI=1S/C25H28N4O2/c1-2-20-13-22(8-9-24(20)21-14-26-27-15-21)29-11-10-28(25(29)30)16-19-4-3-5-23(12-19)31-17-18-6-7-18/h3-5,8-9,12-15,18H,2,6-7,10-11,16-17H2,1H3,(H,26,27). The molecular weight excluding hydrogens is 388 g/mol. The Morgan fingerprint density at radius 2 is 2.06 bits per heavy atom. The van der Waals surface area contributed by atoms with Crippen molar-refractivity contribution in [1.82, 2.24) is 15.1 Å². The first-order valence-electron chi connectivity index (χ1n) is 11.1. The molecule has 3 aromatic rings. The van der Waals surface area contributed by atoms with Crippen molar-refractivity contribution in [2.45, 2.75) is 32.7 Å². The highest BCUT2D eigenvalue weighted by Crippen LogP contribution is 2.31. The van der Waals surface area contributed by atoms with E-state index in [4.69, 9.17) is 4.74 Å². The molecule has 0 spiro atoms. The van der Waals surface area contributed by atoms with Gasteiger partial charge < -0.3 is 9.64 Å². The van der Waals surface area contributed by atoms with E-state index in [1.165, 1.54) is 18.4 Å². The molecule has 0 atom stereocenters. The van der Waals surface area contributed by atoms with Crippen LogP contribution in [0.5, 0.6) is 5.75 Å². The Kier molecular flexibility index (Phi) is 5.37. The molecule has 5 rings (SSSR count). The molecule has 2 aliphatic rings. The maximum Gasteiger partial charge on any atom is 0.324 e. The third kappa shape index (κ3) is 4.29. The van der Waals surface area contributed by atoms with Crippen LogP contribution in [-0.4, -0.2) is 40.8 Å². The maximum atomic E-state index is 13.1. The molecule has 6 heteroatoms. The summed E-state index contributed by atoms with van der Waals surface area (Å²) in [6.45, 7) is 4.96. The lowest BCUT2D eigenvalue weighted by Crippen LogP contribution is -2.31. The van der Waals surface area contributed by atoms with Gasteiger partial charge in [-0.05, 0) is 66.1 Å². The SMILES string of the molecule is CCc1cc(N2CCN(Cc3cccc(OCC4CC4)c3)C2=O)ccc1-c1cn[nH]c1. The Morgan fingerprint density at radius 1 is 1.16 bits per heavy atom. The van der Waals surface area contributed by atoms with Crippen molar-refractivity contribution in [3.63, 3.8) is 0 Å². The van der Waals surface area contributed by atoms with E-state index in [2.05, 4.69) is 41.4 Å². The lowest BCUT2D eigenvalue weighted by Gasteiger charge is -2.20. The third-order valence-corrected chi connectivity index (χ3v) is 6.14. The number of amides is 2. The quantitative estimate of drug-likeness (QED) is 0.570. The van der Waals surface area contributed by atoms with Crippen LogP contribution in [-0.2, 0) is 13.0 Å². The summed E-state index contributed by atoms with van der Waals surface area (Å²) in [6.07, 6.45) is 7.19. The number of aromatic nitrogens is 2. The number of aryl methyl sites for hydroxylation is 1. The Balaban J connectivity index is 1.28. The fraction of sp³-hybridized carbons (Fsp3) is 0.360. The number of H-pyrrole nitrogens is 1. The van der Waals surface area contributed by atoms with Crippen molar-refractivity contribution >= 4 is 11.7 Å². The minimum atomic E-state index is 0.0578. The van der Waals surface area contributed by atoms with Crippen LogP contribution in [0.15, 0.2) is 54.9 Å². The summed E-state index contributed by atoms with van der Waals surface area (Å²) < 4.78 is 5.90. The number of nitrogens with zero attached hydrogens (tertiary/aromatic N) is 3. The molecule has 2 heterocycles. The maximum absolute atomic E-state index is 13.1. The molecule has 6 nitrogen and oxygen atoms in total. The molecule has 2 aromatic carbocycles. The number of carbonyl (C=O) groups excluding carboxylic acids is 1. The Hall–Kier alpha value is -3.28. The predicted octanol–water partition coefficient (Wildman–Crippen LogP) is 4.87. The summed E-state index contributed by atoms with van der Waals surface area (Å²) in [7, 11) is 0. The van der Waals surface area contributed by atoms with Gasteiger partial charge in [0.2, 0.25) is 0 Å². The summed E-state index contributed by atoms with van der Waals surface area (Å²) >= 11 is 0. The first-order chi connectivity index (χ1) is 15.2. The number of urea groups is 1. The van der Waals surface area contributed by atoms with Crippen molar-refractivity contribution in [2.75, 3.05) is 24.6 Å². The van der Waals surface area contributed by atoms with Gasteiger partial charge in [-0.25, -0.2) is 4.79 Å². The minimum absolute atomic E-state index is 0.0578. The minimum Gasteiger partial charge on any atom is -0.493 e. The molecule has 31 heavy (non-hydrogen) atoms. The van der Waals surface area contributed by atoms with E-state index in [-0.39, 0.29) is 6.03 Å². The zero-order valence-corrected chi connectivity index (χ0v) is 17.9. The van der Waals surface area contributed by atoms with E-state index in [0.29, 0.717) is 13.1 Å². The molecule has 1 aliphatic carbocycles. The van der Waals surface area contributed by atoms with Gasteiger partial charge in [0.1, 0.15) is 5.75 Å². The average Bonchev–Trinajstić information content (AvgIpc) is 3.33. The zero-order chi connectivity index (χ0) is 21.2. The van der Waals surface area contributed by atoms with E-state index in [1.807, 2.05) is 40.4 Å². The van der Waals surface area contributed by atoms with Crippen LogP contribution in [0.3, 0.4) is 0 Å². The Morgan fingerprint density at radius 3 is 2.84 bits per heavy atom. The van der Waals surface area contributed by atoms with Crippen LogP contribution in [0, 0.1) is 5.92 Å². The first-order valence-corrected chi connectivity index (χ1v) is 11.1. The molecule has 1 saturated carbocycles. The molecule has 1 aliphatic heterocycles. The lowest BCUT2D eigenvalue weighted by molar-refractivity contribution is 0.218. The average molecular weight is 417 g/mol. The van der Waals surface area contributed by atoms with Gasteiger partial charge in [0.15, 0.2) is 0 Å². The van der Waals surface area contributed by atoms with E-state index < -0.39 is 0 Å². The number of ether oxygens (including phenoxy) is 1. The van der Waals surface area contributed by atoms with Crippen molar-refractivity contribution in [3.8, 4) is 16.9 Å². The van der Waals surface area contributed by atoms with Gasteiger partial charge in [0.05, 0.1) is 12.8 Å². The van der Waals surface area contributed by atoms with Crippen molar-refractivity contribution in [1.29, 1.82) is 0 Å². The van der Waals surface area contributed by atoms with Crippen LogP contribution in [0.1, 0.15) is 30.9 Å². The number of hydrogen-bond donors (Lipinski definition) is 1. The number of hydrogen-bond acceptors (Lipinski definition) is 3. The zero-order valence-electron chi connectivity index (χ0n) is 17.9. The van der Waals surface area contributed by atoms with Crippen molar-refractivity contribution < 1.29 is 9.53 Å². The molecule has 2 fully saturated rings. The highest BCUT2D eigenvalue weighted by Gasteiger charge is 2.30. The van der Waals surface area contributed by atoms with Crippen LogP contribution in [0.4, 0.5) is 10.5 Å². The largest absolute Gasteiger partial charge is 0.493 e. The molecular formula is C25H28N4O2. The molecule has 0 unspecified atom stereocenters. The third-order valence-electron chi connectivity index (χ3n) is 6.14. The molecule has 1 aromatic heterocycles. The van der Waals surface area contributed by atoms with E-state index >= 15 is 0 Å². The van der Waals surface area contributed by atoms with Gasteiger partial charge in [0, 0.05) is 37.1 Å². The highest BCUT2D eigenvalue weighted by molar-refractivity contribution is 5.94. The highest BCUT2D eigenvalue weighted by atomic mass is 16.5. The summed E-state index contributed by atoms with van der Waals surface area (Å²) in [4.78, 5) is 16.9. The first kappa shape index (κ1) is 19.7. The number of carbonyl (C=O) groups is 1. The predicted molar refractivity (Wildman–Crippen MR) is 121 cm³/mol. The Labute approximate surface area is 182 Å². The summed E-state index contributed by atoms with van der Waals surface area (Å²) in [5.74, 6) is 1.63. The van der Waals surface area contributed by atoms with Gasteiger partial charge in [-0.1, -0.05) is 25.1 Å². The van der Waals surface area contributed by atoms with Gasteiger partial charge in [-0.2, -0.15) is 5.10 Å². The lowest BCUT2D eigenvalue weighted by atomic mass is 9.99. The number of anilines is 1. The number of nitrogens with one attached hydrogen (secondary N) is 1. The second kappa shape index (κ2) is 8.46. The second-order valence-electron chi connectivity index (χ2n) is 8.44. The molecule has 1 saturated heterocycles. The van der Waals surface area contributed by atoms with Crippen LogP contribution in [0.25, 0.3) is 11.1 Å². The normalized spacial score (nSPS) is 16.2. The molecule has 1 N–H and O–H groups in total. The fourth-order valence-electron chi connectivity index (χ4n) is 4.14. The smallest absolute Gasteiger partial charge is 0.324 e. The topological polar surface area (TPSA) is 61.5 Å². The molecule has 160 valence electrons. The summed E-state index contributed by atoms with van der Waals surface area (Å²) in [5.41, 5.74) is 5.50. The molecule has 0 bridgehead atoms. The van der Waals surface area contributed by atoms with Crippen molar-refractivity contribution in [3.05, 3.63) is 66.0 Å². The number of rotatable bonds is 8.